The Hall–Kier alpha value is -0.340. The zero-order valence-corrected chi connectivity index (χ0v) is 11.8. The molecule has 1 saturated carbocycles. The van der Waals surface area contributed by atoms with Gasteiger partial charge >= 0.3 is 6.18 Å². The molecule has 0 bridgehead atoms. The van der Waals surface area contributed by atoms with Gasteiger partial charge in [-0.3, -0.25) is 0 Å². The molecule has 19 heavy (non-hydrogen) atoms. The number of alkyl halides is 3. The quantitative estimate of drug-likeness (QED) is 0.843. The highest BCUT2D eigenvalue weighted by molar-refractivity contribution is 7.89. The largest absolute Gasteiger partial charge is 0.389 e. The van der Waals surface area contributed by atoms with Gasteiger partial charge in [-0.05, 0) is 32.1 Å². The maximum Gasteiger partial charge on any atom is 0.389 e. The third-order valence-corrected chi connectivity index (χ3v) is 5.54. The fourth-order valence-corrected chi connectivity index (χ4v) is 3.75. The van der Waals surface area contributed by atoms with Gasteiger partial charge in [-0.2, -0.15) is 13.2 Å². The molecule has 1 rings (SSSR count). The van der Waals surface area contributed by atoms with Gasteiger partial charge < -0.3 is 5.73 Å². The van der Waals surface area contributed by atoms with Crippen LogP contribution >= 0.6 is 0 Å². The molecule has 4 nitrogen and oxygen atoms in total. The first-order chi connectivity index (χ1) is 8.62. The van der Waals surface area contributed by atoms with Gasteiger partial charge in [-0.15, -0.1) is 0 Å². The Labute approximate surface area is 112 Å². The smallest absolute Gasteiger partial charge is 0.328 e. The minimum Gasteiger partial charge on any atom is -0.328 e. The standard InChI is InChI=1S/C11H21F3N2O2S/c1-16(10-5-3-9(15)4-6-10)19(17,18)8-2-7-11(12,13)14/h9-10H,2-8,15H2,1H3. The molecule has 1 aliphatic rings. The lowest BCUT2D eigenvalue weighted by Crippen LogP contribution is -2.42. The summed E-state index contributed by atoms with van der Waals surface area (Å²) >= 11 is 0. The van der Waals surface area contributed by atoms with Crippen LogP contribution in [-0.4, -0.2) is 43.8 Å². The van der Waals surface area contributed by atoms with E-state index in [1.165, 1.54) is 11.4 Å². The van der Waals surface area contributed by atoms with Crippen molar-refractivity contribution in [3.05, 3.63) is 0 Å². The fraction of sp³-hybridized carbons (Fsp3) is 1.00. The van der Waals surface area contributed by atoms with E-state index in [1.807, 2.05) is 0 Å². The molecule has 0 aromatic carbocycles. The van der Waals surface area contributed by atoms with Gasteiger partial charge in [-0.25, -0.2) is 12.7 Å². The van der Waals surface area contributed by atoms with Crippen molar-refractivity contribution in [2.24, 2.45) is 5.73 Å². The van der Waals surface area contributed by atoms with Gasteiger partial charge in [0, 0.05) is 25.6 Å². The second kappa shape index (κ2) is 6.41. The molecule has 0 aromatic rings. The Morgan fingerprint density at radius 2 is 1.74 bits per heavy atom. The molecule has 0 saturated heterocycles. The molecule has 0 unspecified atom stereocenters. The van der Waals surface area contributed by atoms with Crippen LogP contribution in [0.4, 0.5) is 13.2 Å². The molecular weight excluding hydrogens is 281 g/mol. The molecule has 0 spiro atoms. The van der Waals surface area contributed by atoms with Gasteiger partial charge in [-0.1, -0.05) is 0 Å². The zero-order valence-electron chi connectivity index (χ0n) is 11.0. The van der Waals surface area contributed by atoms with Gasteiger partial charge in [0.2, 0.25) is 10.0 Å². The van der Waals surface area contributed by atoms with Crippen LogP contribution < -0.4 is 5.73 Å². The van der Waals surface area contributed by atoms with E-state index >= 15 is 0 Å². The number of hydrogen-bond donors (Lipinski definition) is 1. The Balaban J connectivity index is 2.47. The number of nitrogens with zero attached hydrogens (tertiary/aromatic N) is 1. The predicted molar refractivity (Wildman–Crippen MR) is 67.1 cm³/mol. The van der Waals surface area contributed by atoms with E-state index in [0.29, 0.717) is 12.8 Å². The molecule has 0 radical (unpaired) electrons. The lowest BCUT2D eigenvalue weighted by atomic mass is 9.92. The maximum absolute atomic E-state index is 12.0. The number of sulfonamides is 1. The van der Waals surface area contributed by atoms with E-state index in [-0.39, 0.29) is 18.5 Å². The summed E-state index contributed by atoms with van der Waals surface area (Å²) in [6.07, 6.45) is -2.88. The second-order valence-electron chi connectivity index (χ2n) is 5.12. The van der Waals surface area contributed by atoms with Gasteiger partial charge in [0.1, 0.15) is 0 Å². The minimum atomic E-state index is -4.30. The highest BCUT2D eigenvalue weighted by Gasteiger charge is 2.31. The summed E-state index contributed by atoms with van der Waals surface area (Å²) in [6, 6.07) is -0.0201. The van der Waals surface area contributed by atoms with Crippen molar-refractivity contribution in [1.82, 2.24) is 4.31 Å². The van der Waals surface area contributed by atoms with Crippen molar-refractivity contribution in [2.75, 3.05) is 12.8 Å². The first kappa shape index (κ1) is 16.7. The highest BCUT2D eigenvalue weighted by Crippen LogP contribution is 2.25. The Morgan fingerprint density at radius 3 is 2.21 bits per heavy atom. The van der Waals surface area contributed by atoms with Gasteiger partial charge in [0.25, 0.3) is 0 Å². The molecular formula is C11H21F3N2O2S. The van der Waals surface area contributed by atoms with Crippen molar-refractivity contribution in [3.8, 4) is 0 Å². The molecule has 8 heteroatoms. The van der Waals surface area contributed by atoms with Crippen molar-refractivity contribution < 1.29 is 21.6 Å². The van der Waals surface area contributed by atoms with Crippen LogP contribution in [0.25, 0.3) is 0 Å². The molecule has 0 heterocycles. The number of hydrogen-bond acceptors (Lipinski definition) is 3. The highest BCUT2D eigenvalue weighted by atomic mass is 32.2. The summed E-state index contributed by atoms with van der Waals surface area (Å²) in [4.78, 5) is 0. The van der Waals surface area contributed by atoms with Crippen LogP contribution in [-0.2, 0) is 10.0 Å². The van der Waals surface area contributed by atoms with Crippen LogP contribution in [0.3, 0.4) is 0 Å². The first-order valence-corrected chi connectivity index (χ1v) is 8.01. The molecule has 2 N–H and O–H groups in total. The lowest BCUT2D eigenvalue weighted by Gasteiger charge is -2.32. The van der Waals surface area contributed by atoms with E-state index in [9.17, 15) is 21.6 Å². The minimum absolute atomic E-state index is 0.109. The molecule has 114 valence electrons. The average Bonchev–Trinajstić information content (AvgIpc) is 2.27. The van der Waals surface area contributed by atoms with Gasteiger partial charge in [0.15, 0.2) is 0 Å². The van der Waals surface area contributed by atoms with Crippen molar-refractivity contribution in [2.45, 2.75) is 56.8 Å². The Bertz CT molecular complexity index is 376. The molecule has 1 fully saturated rings. The molecule has 1 aliphatic carbocycles. The Morgan fingerprint density at radius 1 is 1.21 bits per heavy atom. The van der Waals surface area contributed by atoms with Crippen LogP contribution in [0, 0.1) is 0 Å². The van der Waals surface area contributed by atoms with Crippen LogP contribution in [0.15, 0.2) is 0 Å². The number of nitrogens with two attached hydrogens (primary N) is 1. The molecule has 0 aliphatic heterocycles. The van der Waals surface area contributed by atoms with E-state index < -0.39 is 28.4 Å². The van der Waals surface area contributed by atoms with E-state index in [1.54, 1.807) is 0 Å². The SMILES string of the molecule is CN(C1CCC(N)CC1)S(=O)(=O)CCCC(F)(F)F. The number of rotatable bonds is 5. The topological polar surface area (TPSA) is 63.4 Å². The van der Waals surface area contributed by atoms with Crippen molar-refractivity contribution in [1.29, 1.82) is 0 Å². The summed E-state index contributed by atoms with van der Waals surface area (Å²) < 4.78 is 61.1. The van der Waals surface area contributed by atoms with Crippen LogP contribution in [0.1, 0.15) is 38.5 Å². The molecule has 0 atom stereocenters. The van der Waals surface area contributed by atoms with Gasteiger partial charge in [0.05, 0.1) is 5.75 Å². The normalized spacial score (nSPS) is 25.8. The maximum atomic E-state index is 12.0. The molecule has 0 aromatic heterocycles. The van der Waals surface area contributed by atoms with E-state index in [0.717, 1.165) is 12.8 Å². The monoisotopic (exact) mass is 302 g/mol. The van der Waals surface area contributed by atoms with Crippen molar-refractivity contribution >= 4 is 10.0 Å². The second-order valence-corrected chi connectivity index (χ2v) is 7.27. The van der Waals surface area contributed by atoms with Crippen LogP contribution in [0.2, 0.25) is 0 Å². The van der Waals surface area contributed by atoms with Crippen LogP contribution in [0.5, 0.6) is 0 Å². The number of halogens is 3. The summed E-state index contributed by atoms with van der Waals surface area (Å²) in [7, 11) is -2.16. The van der Waals surface area contributed by atoms with E-state index in [2.05, 4.69) is 0 Å². The fourth-order valence-electron chi connectivity index (χ4n) is 2.29. The first-order valence-electron chi connectivity index (χ1n) is 6.40. The Kier molecular flexibility index (Phi) is 5.64. The predicted octanol–water partition coefficient (Wildman–Crippen LogP) is 1.86. The summed E-state index contributed by atoms with van der Waals surface area (Å²) in [5.74, 6) is -0.453. The summed E-state index contributed by atoms with van der Waals surface area (Å²) in [5.41, 5.74) is 5.74. The average molecular weight is 302 g/mol. The zero-order chi connectivity index (χ0) is 14.7. The third kappa shape index (κ3) is 5.66. The summed E-state index contributed by atoms with van der Waals surface area (Å²) in [6.45, 7) is 0. The molecule has 0 amide bonds. The van der Waals surface area contributed by atoms with Crippen molar-refractivity contribution in [3.63, 3.8) is 0 Å². The summed E-state index contributed by atoms with van der Waals surface area (Å²) in [5, 5.41) is 0. The van der Waals surface area contributed by atoms with E-state index in [4.69, 9.17) is 5.73 Å². The third-order valence-electron chi connectivity index (χ3n) is 3.56. The lowest BCUT2D eigenvalue weighted by molar-refractivity contribution is -0.134.